The SMILES string of the molecule is CN(C)c1cccc(OCCC(C)(NC2CC2)C(=O)O)c1. The van der Waals surface area contributed by atoms with Crippen LogP contribution >= 0.6 is 0 Å². The number of anilines is 1. The van der Waals surface area contributed by atoms with Crippen molar-refractivity contribution >= 4 is 11.7 Å². The average Bonchev–Trinajstić information content (AvgIpc) is 3.22. The lowest BCUT2D eigenvalue weighted by molar-refractivity contribution is -0.144. The zero-order chi connectivity index (χ0) is 15.5. The molecule has 0 amide bonds. The molecule has 0 heterocycles. The van der Waals surface area contributed by atoms with E-state index >= 15 is 0 Å². The fourth-order valence-corrected chi connectivity index (χ4v) is 2.14. The van der Waals surface area contributed by atoms with Crippen molar-refractivity contribution in [2.45, 2.75) is 37.8 Å². The number of ether oxygens (including phenoxy) is 1. The molecule has 0 aliphatic heterocycles. The van der Waals surface area contributed by atoms with Crippen LogP contribution in [-0.4, -0.2) is 43.4 Å². The van der Waals surface area contributed by atoms with Crippen LogP contribution in [0.15, 0.2) is 24.3 Å². The second-order valence-corrected chi connectivity index (χ2v) is 6.05. The van der Waals surface area contributed by atoms with Gasteiger partial charge in [0.1, 0.15) is 11.3 Å². The first kappa shape index (κ1) is 15.6. The number of rotatable bonds is 8. The Morgan fingerprint density at radius 1 is 1.48 bits per heavy atom. The number of carboxylic acids is 1. The monoisotopic (exact) mass is 292 g/mol. The van der Waals surface area contributed by atoms with Gasteiger partial charge in [0.15, 0.2) is 0 Å². The first-order valence-corrected chi connectivity index (χ1v) is 7.32. The van der Waals surface area contributed by atoms with Crippen molar-refractivity contribution in [2.75, 3.05) is 25.6 Å². The Hall–Kier alpha value is -1.75. The second kappa shape index (κ2) is 6.35. The molecule has 2 N–H and O–H groups in total. The summed E-state index contributed by atoms with van der Waals surface area (Å²) >= 11 is 0. The van der Waals surface area contributed by atoms with Gasteiger partial charge in [-0.1, -0.05) is 6.07 Å². The van der Waals surface area contributed by atoms with Crippen molar-refractivity contribution in [3.05, 3.63) is 24.3 Å². The first-order valence-electron chi connectivity index (χ1n) is 7.32. The van der Waals surface area contributed by atoms with Crippen LogP contribution in [0.2, 0.25) is 0 Å². The fraction of sp³-hybridized carbons (Fsp3) is 0.562. The molecule has 116 valence electrons. The normalized spacial score (nSPS) is 17.1. The predicted molar refractivity (Wildman–Crippen MR) is 83.1 cm³/mol. The molecule has 5 nitrogen and oxygen atoms in total. The Kier molecular flexibility index (Phi) is 4.73. The summed E-state index contributed by atoms with van der Waals surface area (Å²) in [5, 5.41) is 12.6. The minimum absolute atomic E-state index is 0.350. The van der Waals surface area contributed by atoms with Crippen LogP contribution in [-0.2, 0) is 4.79 Å². The summed E-state index contributed by atoms with van der Waals surface area (Å²) in [6.07, 6.45) is 2.56. The van der Waals surface area contributed by atoms with Gasteiger partial charge in [0.05, 0.1) is 6.61 Å². The highest BCUT2D eigenvalue weighted by Crippen LogP contribution is 2.25. The van der Waals surface area contributed by atoms with Gasteiger partial charge >= 0.3 is 5.97 Å². The maximum atomic E-state index is 11.4. The molecule has 1 fully saturated rings. The second-order valence-electron chi connectivity index (χ2n) is 6.05. The molecule has 0 aromatic heterocycles. The number of nitrogens with zero attached hydrogens (tertiary/aromatic N) is 1. The van der Waals surface area contributed by atoms with E-state index in [4.69, 9.17) is 4.74 Å². The van der Waals surface area contributed by atoms with Gasteiger partial charge < -0.3 is 14.7 Å². The highest BCUT2D eigenvalue weighted by Gasteiger charge is 2.38. The van der Waals surface area contributed by atoms with Crippen molar-refractivity contribution in [3.8, 4) is 5.75 Å². The summed E-state index contributed by atoms with van der Waals surface area (Å²) in [6, 6.07) is 8.13. The van der Waals surface area contributed by atoms with E-state index in [1.54, 1.807) is 6.92 Å². The lowest BCUT2D eigenvalue weighted by atomic mass is 9.98. The van der Waals surface area contributed by atoms with Crippen LogP contribution in [0.4, 0.5) is 5.69 Å². The summed E-state index contributed by atoms with van der Waals surface area (Å²) in [6.45, 7) is 2.10. The van der Waals surface area contributed by atoms with E-state index in [1.807, 2.05) is 43.3 Å². The third-order valence-corrected chi connectivity index (χ3v) is 3.78. The summed E-state index contributed by atoms with van der Waals surface area (Å²) in [5.74, 6) is -0.0552. The zero-order valence-electron chi connectivity index (χ0n) is 12.9. The maximum absolute atomic E-state index is 11.4. The van der Waals surface area contributed by atoms with Crippen LogP contribution in [0.25, 0.3) is 0 Å². The maximum Gasteiger partial charge on any atom is 0.323 e. The lowest BCUT2D eigenvalue weighted by Crippen LogP contribution is -2.51. The average molecular weight is 292 g/mol. The van der Waals surface area contributed by atoms with Gasteiger partial charge in [-0.3, -0.25) is 10.1 Å². The van der Waals surface area contributed by atoms with Gasteiger partial charge in [-0.15, -0.1) is 0 Å². The molecule has 1 aliphatic carbocycles. The topological polar surface area (TPSA) is 61.8 Å². The van der Waals surface area contributed by atoms with Crippen molar-refractivity contribution in [1.82, 2.24) is 5.32 Å². The summed E-state index contributed by atoms with van der Waals surface area (Å²) < 4.78 is 5.71. The summed E-state index contributed by atoms with van der Waals surface area (Å²) in [7, 11) is 3.94. The largest absolute Gasteiger partial charge is 0.493 e. The highest BCUT2D eigenvalue weighted by molar-refractivity contribution is 5.78. The molecular weight excluding hydrogens is 268 g/mol. The zero-order valence-corrected chi connectivity index (χ0v) is 12.9. The van der Waals surface area contributed by atoms with Crippen LogP contribution in [0, 0.1) is 0 Å². The molecule has 2 rings (SSSR count). The lowest BCUT2D eigenvalue weighted by Gasteiger charge is -2.26. The number of nitrogens with one attached hydrogen (secondary N) is 1. The van der Waals surface area contributed by atoms with E-state index in [0.717, 1.165) is 24.3 Å². The Balaban J connectivity index is 1.89. The third kappa shape index (κ3) is 4.36. The molecule has 1 unspecified atom stereocenters. The van der Waals surface area contributed by atoms with Gasteiger partial charge in [0, 0.05) is 38.3 Å². The van der Waals surface area contributed by atoms with E-state index in [-0.39, 0.29) is 0 Å². The molecule has 21 heavy (non-hydrogen) atoms. The molecule has 1 aromatic rings. The van der Waals surface area contributed by atoms with Gasteiger partial charge in [0.2, 0.25) is 0 Å². The van der Waals surface area contributed by atoms with Crippen molar-refractivity contribution in [1.29, 1.82) is 0 Å². The van der Waals surface area contributed by atoms with E-state index in [2.05, 4.69) is 5.32 Å². The van der Waals surface area contributed by atoms with Gasteiger partial charge in [-0.05, 0) is 31.9 Å². The Morgan fingerprint density at radius 3 is 2.76 bits per heavy atom. The molecule has 0 bridgehead atoms. The predicted octanol–water partition coefficient (Wildman–Crippen LogP) is 2.12. The molecular formula is C16H24N2O3. The van der Waals surface area contributed by atoms with Crippen LogP contribution in [0.3, 0.4) is 0 Å². The van der Waals surface area contributed by atoms with Crippen molar-refractivity contribution in [2.24, 2.45) is 0 Å². The quantitative estimate of drug-likeness (QED) is 0.768. The van der Waals surface area contributed by atoms with Gasteiger partial charge in [-0.25, -0.2) is 0 Å². The van der Waals surface area contributed by atoms with Crippen molar-refractivity contribution in [3.63, 3.8) is 0 Å². The molecule has 1 aliphatic rings. The molecule has 5 heteroatoms. The van der Waals surface area contributed by atoms with Crippen molar-refractivity contribution < 1.29 is 14.6 Å². The minimum Gasteiger partial charge on any atom is -0.493 e. The molecule has 0 radical (unpaired) electrons. The Labute approximate surface area is 125 Å². The Morgan fingerprint density at radius 2 is 2.19 bits per heavy atom. The first-order chi connectivity index (χ1) is 9.90. The summed E-state index contributed by atoms with van der Waals surface area (Å²) in [4.78, 5) is 13.4. The smallest absolute Gasteiger partial charge is 0.323 e. The van der Waals surface area contributed by atoms with Crippen LogP contribution < -0.4 is 15.0 Å². The number of carboxylic acid groups (broad SMARTS) is 1. The third-order valence-electron chi connectivity index (χ3n) is 3.78. The molecule has 1 saturated carbocycles. The number of hydrogen-bond donors (Lipinski definition) is 2. The molecule has 1 atom stereocenters. The van der Waals surface area contributed by atoms with Crippen LogP contribution in [0.5, 0.6) is 5.75 Å². The van der Waals surface area contributed by atoms with E-state index in [9.17, 15) is 9.90 Å². The molecule has 0 saturated heterocycles. The van der Waals surface area contributed by atoms with Gasteiger partial charge in [-0.2, -0.15) is 0 Å². The highest BCUT2D eigenvalue weighted by atomic mass is 16.5. The summed E-state index contributed by atoms with van der Waals surface area (Å²) in [5.41, 5.74) is 0.143. The number of carbonyl (C=O) groups is 1. The molecule has 1 aromatic carbocycles. The van der Waals surface area contributed by atoms with E-state index in [0.29, 0.717) is 19.1 Å². The molecule has 0 spiro atoms. The van der Waals surface area contributed by atoms with E-state index < -0.39 is 11.5 Å². The number of aliphatic carboxylic acids is 1. The number of hydrogen-bond acceptors (Lipinski definition) is 4. The van der Waals surface area contributed by atoms with E-state index in [1.165, 1.54) is 0 Å². The van der Waals surface area contributed by atoms with Crippen LogP contribution in [0.1, 0.15) is 26.2 Å². The standard InChI is InChI=1S/C16H24N2O3/c1-16(15(19)20,17-12-7-8-12)9-10-21-14-6-4-5-13(11-14)18(2)3/h4-6,11-12,17H,7-10H2,1-3H3,(H,19,20). The van der Waals surface area contributed by atoms with Gasteiger partial charge in [0.25, 0.3) is 0 Å². The number of benzene rings is 1. The Bertz CT molecular complexity index is 500. The fourth-order valence-electron chi connectivity index (χ4n) is 2.14. The minimum atomic E-state index is -0.916.